The summed E-state index contributed by atoms with van der Waals surface area (Å²) in [6.07, 6.45) is -1.39. The number of methoxy groups -OCH3 is 1. The Hall–Kier alpha value is -2.79. The van der Waals surface area contributed by atoms with Crippen LogP contribution in [0.4, 0.5) is 11.5 Å². The van der Waals surface area contributed by atoms with Crippen molar-refractivity contribution in [1.29, 1.82) is 0 Å². The lowest BCUT2D eigenvalue weighted by molar-refractivity contribution is -0.0511. The van der Waals surface area contributed by atoms with Crippen LogP contribution in [0, 0.1) is 0 Å². The van der Waals surface area contributed by atoms with Crippen LogP contribution in [0.25, 0.3) is 11.2 Å². The molecule has 10 nitrogen and oxygen atoms in total. The second-order valence-electron chi connectivity index (χ2n) is 6.13. The topological polar surface area (TPSA) is 135 Å². The van der Waals surface area contributed by atoms with E-state index in [1.54, 1.807) is 7.11 Å². The molecule has 3 heterocycles. The van der Waals surface area contributed by atoms with Crippen LogP contribution in [0.15, 0.2) is 36.9 Å². The van der Waals surface area contributed by atoms with Gasteiger partial charge in [0.15, 0.2) is 23.2 Å². The second kappa shape index (κ2) is 7.08. The third-order valence-corrected chi connectivity index (χ3v) is 4.48. The minimum atomic E-state index is -1.22. The zero-order valence-electron chi connectivity index (χ0n) is 14.4. The summed E-state index contributed by atoms with van der Waals surface area (Å²) in [4.78, 5) is 12.8. The first-order valence-electron chi connectivity index (χ1n) is 8.33. The maximum Gasteiger partial charge on any atom is 0.167 e. The Morgan fingerprint density at radius 2 is 2.07 bits per heavy atom. The molecule has 2 aromatic heterocycles. The quantitative estimate of drug-likeness (QED) is 0.494. The van der Waals surface area contributed by atoms with Gasteiger partial charge in [0, 0.05) is 11.8 Å². The number of hydrogen-bond acceptors (Lipinski definition) is 9. The molecule has 1 aliphatic rings. The molecule has 0 spiro atoms. The lowest BCUT2D eigenvalue weighted by Crippen LogP contribution is -2.33. The molecule has 3 aromatic rings. The van der Waals surface area contributed by atoms with Gasteiger partial charge in [0.05, 0.1) is 20.0 Å². The van der Waals surface area contributed by atoms with Gasteiger partial charge in [-0.2, -0.15) is 0 Å². The number of rotatable bonds is 5. The van der Waals surface area contributed by atoms with Crippen molar-refractivity contribution in [1.82, 2.24) is 19.5 Å². The first kappa shape index (κ1) is 17.6. The van der Waals surface area contributed by atoms with Gasteiger partial charge in [-0.05, 0) is 12.1 Å². The molecule has 1 fully saturated rings. The molecule has 4 atom stereocenters. The molecule has 1 saturated heterocycles. The van der Waals surface area contributed by atoms with Gasteiger partial charge in [-0.25, -0.2) is 15.0 Å². The van der Waals surface area contributed by atoms with E-state index < -0.39 is 31.1 Å². The summed E-state index contributed by atoms with van der Waals surface area (Å²) in [7, 11) is 1.59. The van der Waals surface area contributed by atoms with Gasteiger partial charge in [0.25, 0.3) is 0 Å². The fourth-order valence-electron chi connectivity index (χ4n) is 3.08. The van der Waals surface area contributed by atoms with Crippen molar-refractivity contribution < 1.29 is 24.8 Å². The molecule has 4 rings (SSSR count). The standard InChI is InChI=1S/C17H19N5O5/c1-26-10-4-2-3-9(5-10)21-15-12-16(19-7-18-15)22(8-20-12)17-14(25)13(24)11(6-23)27-17/h2-5,7-8,11,13-14,17,23-25H,6H2,1H3,(H,18,19,21). The molecule has 0 aliphatic carbocycles. The average Bonchev–Trinajstić information content (AvgIpc) is 3.24. The molecule has 0 radical (unpaired) electrons. The van der Waals surface area contributed by atoms with E-state index in [1.807, 2.05) is 24.3 Å². The molecular formula is C17H19N5O5. The van der Waals surface area contributed by atoms with Gasteiger partial charge < -0.3 is 30.1 Å². The van der Waals surface area contributed by atoms with E-state index in [-0.39, 0.29) is 0 Å². The monoisotopic (exact) mass is 373 g/mol. The number of nitrogens with one attached hydrogen (secondary N) is 1. The lowest BCUT2D eigenvalue weighted by Gasteiger charge is -2.16. The van der Waals surface area contributed by atoms with Crippen molar-refractivity contribution in [3.8, 4) is 5.75 Å². The van der Waals surface area contributed by atoms with Crippen LogP contribution in [0.3, 0.4) is 0 Å². The normalized spacial score (nSPS) is 25.0. The Morgan fingerprint density at radius 3 is 2.81 bits per heavy atom. The second-order valence-corrected chi connectivity index (χ2v) is 6.13. The molecule has 4 N–H and O–H groups in total. The molecule has 10 heteroatoms. The van der Waals surface area contributed by atoms with E-state index in [4.69, 9.17) is 9.47 Å². The fraction of sp³-hybridized carbons (Fsp3) is 0.353. The Kier molecular flexibility index (Phi) is 4.62. The lowest BCUT2D eigenvalue weighted by atomic mass is 10.1. The van der Waals surface area contributed by atoms with Gasteiger partial charge in [-0.1, -0.05) is 6.07 Å². The first-order valence-corrected chi connectivity index (χ1v) is 8.33. The summed E-state index contributed by atoms with van der Waals surface area (Å²) in [6, 6.07) is 7.35. The fourth-order valence-corrected chi connectivity index (χ4v) is 3.08. The number of aliphatic hydroxyl groups is 3. The number of fused-ring (bicyclic) bond motifs is 1. The number of aliphatic hydroxyl groups excluding tert-OH is 3. The van der Waals surface area contributed by atoms with Crippen molar-refractivity contribution in [2.45, 2.75) is 24.5 Å². The van der Waals surface area contributed by atoms with Crippen LogP contribution < -0.4 is 10.1 Å². The van der Waals surface area contributed by atoms with Gasteiger partial charge in [0.1, 0.15) is 30.4 Å². The Labute approximate surface area is 154 Å². The number of nitrogens with zero attached hydrogens (tertiary/aromatic N) is 4. The molecule has 1 aromatic carbocycles. The van der Waals surface area contributed by atoms with Crippen molar-refractivity contribution in [3.63, 3.8) is 0 Å². The highest BCUT2D eigenvalue weighted by atomic mass is 16.6. The Morgan fingerprint density at radius 1 is 1.22 bits per heavy atom. The number of ether oxygens (including phenoxy) is 2. The van der Waals surface area contributed by atoms with E-state index in [9.17, 15) is 15.3 Å². The molecule has 0 bridgehead atoms. The molecule has 1 aliphatic heterocycles. The number of imidazole rings is 1. The zero-order chi connectivity index (χ0) is 19.0. The minimum Gasteiger partial charge on any atom is -0.497 e. The molecule has 142 valence electrons. The maximum atomic E-state index is 10.2. The van der Waals surface area contributed by atoms with Crippen molar-refractivity contribution in [2.75, 3.05) is 19.0 Å². The van der Waals surface area contributed by atoms with Gasteiger partial charge in [0.2, 0.25) is 0 Å². The van der Waals surface area contributed by atoms with Crippen LogP contribution in [0.2, 0.25) is 0 Å². The Balaban J connectivity index is 1.68. The third kappa shape index (κ3) is 3.08. The van der Waals surface area contributed by atoms with Crippen LogP contribution in [0.1, 0.15) is 6.23 Å². The van der Waals surface area contributed by atoms with E-state index >= 15 is 0 Å². The average molecular weight is 373 g/mol. The molecule has 27 heavy (non-hydrogen) atoms. The van der Waals surface area contributed by atoms with E-state index in [0.717, 1.165) is 5.69 Å². The third-order valence-electron chi connectivity index (χ3n) is 4.48. The number of hydrogen-bond donors (Lipinski definition) is 4. The summed E-state index contributed by atoms with van der Waals surface area (Å²) < 4.78 is 12.3. The van der Waals surface area contributed by atoms with Crippen molar-refractivity contribution >= 4 is 22.7 Å². The van der Waals surface area contributed by atoms with Gasteiger partial charge >= 0.3 is 0 Å². The van der Waals surface area contributed by atoms with Crippen molar-refractivity contribution in [2.24, 2.45) is 0 Å². The van der Waals surface area contributed by atoms with Crippen LogP contribution in [-0.4, -0.2) is 66.9 Å². The van der Waals surface area contributed by atoms with Gasteiger partial charge in [-0.3, -0.25) is 4.57 Å². The van der Waals surface area contributed by atoms with Gasteiger partial charge in [-0.15, -0.1) is 0 Å². The number of aromatic nitrogens is 4. The predicted octanol–water partition coefficient (Wildman–Crippen LogP) is 0.190. The SMILES string of the molecule is COc1cccc(Nc2ncnc3c2ncn3C2OC(CO)C(O)C2O)c1. The summed E-state index contributed by atoms with van der Waals surface area (Å²) in [6.45, 7) is -0.404. The molecule has 0 amide bonds. The summed E-state index contributed by atoms with van der Waals surface area (Å²) in [5.74, 6) is 1.17. The van der Waals surface area contributed by atoms with Crippen molar-refractivity contribution in [3.05, 3.63) is 36.9 Å². The molecule has 0 saturated carbocycles. The predicted molar refractivity (Wildman–Crippen MR) is 94.6 cm³/mol. The number of benzene rings is 1. The highest BCUT2D eigenvalue weighted by Crippen LogP contribution is 2.32. The summed E-state index contributed by atoms with van der Waals surface area (Å²) >= 11 is 0. The highest BCUT2D eigenvalue weighted by molar-refractivity contribution is 5.85. The molecular weight excluding hydrogens is 354 g/mol. The van der Waals surface area contributed by atoms with Crippen LogP contribution in [0.5, 0.6) is 5.75 Å². The first-order chi connectivity index (χ1) is 13.1. The Bertz CT molecular complexity index is 948. The highest BCUT2D eigenvalue weighted by Gasteiger charge is 2.44. The van der Waals surface area contributed by atoms with E-state index in [2.05, 4.69) is 20.3 Å². The minimum absolute atomic E-state index is 0.404. The van der Waals surface area contributed by atoms with E-state index in [1.165, 1.54) is 17.2 Å². The number of anilines is 2. The smallest absolute Gasteiger partial charge is 0.167 e. The summed E-state index contributed by atoms with van der Waals surface area (Å²) in [5, 5.41) is 32.6. The van der Waals surface area contributed by atoms with Crippen LogP contribution in [-0.2, 0) is 4.74 Å². The molecule has 4 unspecified atom stereocenters. The largest absolute Gasteiger partial charge is 0.497 e. The zero-order valence-corrected chi connectivity index (χ0v) is 14.4. The van der Waals surface area contributed by atoms with E-state index in [0.29, 0.717) is 22.7 Å². The van der Waals surface area contributed by atoms with Crippen LogP contribution >= 0.6 is 0 Å². The summed E-state index contributed by atoms with van der Waals surface area (Å²) in [5.41, 5.74) is 1.65. The maximum absolute atomic E-state index is 10.2.